The third-order valence-electron chi connectivity index (χ3n) is 3.65. The molecule has 0 radical (unpaired) electrons. The van der Waals surface area contributed by atoms with Crippen molar-refractivity contribution in [2.24, 2.45) is 0 Å². The van der Waals surface area contributed by atoms with Gasteiger partial charge in [-0.15, -0.1) is 0 Å². The normalized spacial score (nSPS) is 10.3. The molecule has 0 fully saturated rings. The van der Waals surface area contributed by atoms with Crippen LogP contribution >= 0.6 is 0 Å². The number of carbonyl (C=O) groups excluding carboxylic acids is 1. The largest absolute Gasteiger partial charge is 0.460 e. The molecule has 2 heterocycles. The lowest BCUT2D eigenvalue weighted by molar-refractivity contribution is 0.0387. The Morgan fingerprint density at radius 3 is 2.81 bits per heavy atom. The van der Waals surface area contributed by atoms with Gasteiger partial charge in [-0.05, 0) is 36.4 Å². The molecule has 1 aromatic carbocycles. The van der Waals surface area contributed by atoms with E-state index < -0.39 is 5.97 Å². The Morgan fingerprint density at radius 2 is 2.08 bits per heavy atom. The molecule has 0 spiro atoms. The van der Waals surface area contributed by atoms with Crippen LogP contribution in [0, 0.1) is 11.3 Å². The van der Waals surface area contributed by atoms with Gasteiger partial charge in [0.15, 0.2) is 0 Å². The highest BCUT2D eigenvalue weighted by molar-refractivity contribution is 5.93. The van der Waals surface area contributed by atoms with Gasteiger partial charge >= 0.3 is 5.97 Å². The zero-order chi connectivity index (χ0) is 18.4. The van der Waals surface area contributed by atoms with Crippen LogP contribution in [0.3, 0.4) is 0 Å². The topological polar surface area (TPSA) is 97.1 Å². The van der Waals surface area contributed by atoms with Gasteiger partial charge in [-0.3, -0.25) is 4.98 Å². The van der Waals surface area contributed by atoms with Crippen LogP contribution in [-0.2, 0) is 9.47 Å². The molecular weight excluding hydrogens is 332 g/mol. The third kappa shape index (κ3) is 3.94. The molecule has 3 rings (SSSR count). The fourth-order valence-corrected chi connectivity index (χ4v) is 2.35. The van der Waals surface area contributed by atoms with Gasteiger partial charge in [-0.25, -0.2) is 9.78 Å². The maximum absolute atomic E-state index is 11.9. The molecule has 0 saturated carbocycles. The lowest BCUT2D eigenvalue weighted by atomic mass is 10.1. The van der Waals surface area contributed by atoms with Crippen LogP contribution < -0.4 is 5.32 Å². The molecule has 130 valence electrons. The van der Waals surface area contributed by atoms with Crippen LogP contribution in [0.4, 0.5) is 11.5 Å². The Kier molecular flexibility index (Phi) is 5.37. The highest BCUT2D eigenvalue weighted by atomic mass is 16.6. The molecule has 26 heavy (non-hydrogen) atoms. The number of nitrogens with zero attached hydrogens (tertiary/aromatic N) is 3. The van der Waals surface area contributed by atoms with Crippen molar-refractivity contribution in [1.29, 1.82) is 5.26 Å². The second kappa shape index (κ2) is 8.05. The number of ether oxygens (including phenoxy) is 2. The predicted molar refractivity (Wildman–Crippen MR) is 96.1 cm³/mol. The number of carbonyl (C=O) groups is 1. The molecule has 0 aliphatic heterocycles. The molecule has 0 unspecified atom stereocenters. The zero-order valence-electron chi connectivity index (χ0n) is 14.1. The quantitative estimate of drug-likeness (QED) is 0.540. The number of nitrogens with one attached hydrogen (secondary N) is 1. The summed E-state index contributed by atoms with van der Waals surface area (Å²) in [6.45, 7) is 0.540. The highest BCUT2D eigenvalue weighted by Gasteiger charge is 2.09. The maximum Gasteiger partial charge on any atom is 0.339 e. The molecule has 0 aliphatic rings. The van der Waals surface area contributed by atoms with E-state index in [0.717, 1.165) is 16.6 Å². The molecule has 1 N–H and O–H groups in total. The van der Waals surface area contributed by atoms with E-state index in [-0.39, 0.29) is 6.61 Å². The fourth-order valence-electron chi connectivity index (χ4n) is 2.35. The lowest BCUT2D eigenvalue weighted by Crippen LogP contribution is -2.10. The minimum Gasteiger partial charge on any atom is -0.460 e. The SMILES string of the molecule is COCCOC(=O)c1ccc(Nc2ccnc3ccc(C#N)cc23)nc1. The summed E-state index contributed by atoms with van der Waals surface area (Å²) < 4.78 is 9.88. The number of hydrogen-bond donors (Lipinski definition) is 1. The van der Waals surface area contributed by atoms with Crippen molar-refractivity contribution in [3.63, 3.8) is 0 Å². The van der Waals surface area contributed by atoms with Gasteiger partial charge in [0.2, 0.25) is 0 Å². The molecule has 2 aromatic heterocycles. The van der Waals surface area contributed by atoms with Gasteiger partial charge in [-0.1, -0.05) is 0 Å². The number of methoxy groups -OCH3 is 1. The van der Waals surface area contributed by atoms with E-state index in [1.807, 2.05) is 0 Å². The first-order valence-electron chi connectivity index (χ1n) is 7.89. The smallest absolute Gasteiger partial charge is 0.339 e. The first-order chi connectivity index (χ1) is 12.7. The van der Waals surface area contributed by atoms with E-state index in [1.54, 1.807) is 42.6 Å². The molecule has 0 amide bonds. The number of fused-ring (bicyclic) bond motifs is 1. The summed E-state index contributed by atoms with van der Waals surface area (Å²) in [6.07, 6.45) is 3.12. The van der Waals surface area contributed by atoms with Crippen molar-refractivity contribution >= 4 is 28.4 Å². The molecule has 7 nitrogen and oxygen atoms in total. The van der Waals surface area contributed by atoms with Crippen molar-refractivity contribution in [3.05, 3.63) is 59.9 Å². The van der Waals surface area contributed by atoms with E-state index in [0.29, 0.717) is 23.6 Å². The first kappa shape index (κ1) is 17.3. The Hall–Kier alpha value is -3.50. The molecule has 0 saturated heterocycles. The van der Waals surface area contributed by atoms with Gasteiger partial charge < -0.3 is 14.8 Å². The molecular formula is C19H16N4O3. The van der Waals surface area contributed by atoms with E-state index in [9.17, 15) is 4.79 Å². The molecule has 7 heteroatoms. The number of esters is 1. The van der Waals surface area contributed by atoms with Gasteiger partial charge in [0.1, 0.15) is 12.4 Å². The lowest BCUT2D eigenvalue weighted by Gasteiger charge is -2.09. The Morgan fingerprint density at radius 1 is 1.19 bits per heavy atom. The van der Waals surface area contributed by atoms with Crippen molar-refractivity contribution in [2.75, 3.05) is 25.6 Å². The molecule has 3 aromatic rings. The Bertz CT molecular complexity index is 965. The monoisotopic (exact) mass is 348 g/mol. The van der Waals surface area contributed by atoms with Gasteiger partial charge in [-0.2, -0.15) is 5.26 Å². The summed E-state index contributed by atoms with van der Waals surface area (Å²) in [5, 5.41) is 13.1. The summed E-state index contributed by atoms with van der Waals surface area (Å²) in [5.74, 6) is 0.113. The van der Waals surface area contributed by atoms with Crippen molar-refractivity contribution in [2.45, 2.75) is 0 Å². The summed E-state index contributed by atoms with van der Waals surface area (Å²) in [7, 11) is 1.54. The van der Waals surface area contributed by atoms with Crippen molar-refractivity contribution < 1.29 is 14.3 Å². The van der Waals surface area contributed by atoms with E-state index in [4.69, 9.17) is 14.7 Å². The van der Waals surface area contributed by atoms with Crippen LogP contribution in [0.5, 0.6) is 0 Å². The second-order valence-electron chi connectivity index (χ2n) is 5.39. The summed E-state index contributed by atoms with van der Waals surface area (Å²) >= 11 is 0. The first-order valence-corrected chi connectivity index (χ1v) is 7.89. The molecule has 0 bridgehead atoms. The number of aromatic nitrogens is 2. The van der Waals surface area contributed by atoms with Gasteiger partial charge in [0.25, 0.3) is 0 Å². The minimum atomic E-state index is -0.450. The number of hydrogen-bond acceptors (Lipinski definition) is 7. The number of nitriles is 1. The van der Waals surface area contributed by atoms with Crippen molar-refractivity contribution in [3.8, 4) is 6.07 Å². The number of pyridine rings is 2. The Balaban J connectivity index is 1.78. The standard InChI is InChI=1S/C19H16N4O3/c1-25-8-9-26-19(24)14-3-5-18(22-12-14)23-17-6-7-21-16-4-2-13(11-20)10-15(16)17/h2-7,10,12H,8-9H2,1H3,(H,21,22,23). The van der Waals surface area contributed by atoms with Gasteiger partial charge in [0, 0.05) is 24.9 Å². The fraction of sp³-hybridized carbons (Fsp3) is 0.158. The van der Waals surface area contributed by atoms with E-state index in [2.05, 4.69) is 21.4 Å². The average Bonchev–Trinajstić information content (AvgIpc) is 2.68. The zero-order valence-corrected chi connectivity index (χ0v) is 14.1. The molecule has 0 atom stereocenters. The van der Waals surface area contributed by atoms with Crippen LogP contribution in [0.2, 0.25) is 0 Å². The number of anilines is 2. The molecule has 0 aliphatic carbocycles. The maximum atomic E-state index is 11.9. The van der Waals surface area contributed by atoms with Crippen LogP contribution in [0.15, 0.2) is 48.8 Å². The van der Waals surface area contributed by atoms with Crippen molar-refractivity contribution in [1.82, 2.24) is 9.97 Å². The van der Waals surface area contributed by atoms with Crippen LogP contribution in [0.1, 0.15) is 15.9 Å². The Labute approximate surface area is 150 Å². The third-order valence-corrected chi connectivity index (χ3v) is 3.65. The highest BCUT2D eigenvalue weighted by Crippen LogP contribution is 2.25. The minimum absolute atomic E-state index is 0.194. The van der Waals surface area contributed by atoms with Crippen LogP contribution in [-0.4, -0.2) is 36.3 Å². The number of rotatable bonds is 6. The van der Waals surface area contributed by atoms with E-state index >= 15 is 0 Å². The number of benzene rings is 1. The van der Waals surface area contributed by atoms with Gasteiger partial charge in [0.05, 0.1) is 35.0 Å². The summed E-state index contributed by atoms with van der Waals surface area (Å²) in [4.78, 5) is 20.4. The summed E-state index contributed by atoms with van der Waals surface area (Å²) in [5.41, 5.74) is 2.45. The second-order valence-corrected chi connectivity index (χ2v) is 5.39. The van der Waals surface area contributed by atoms with E-state index in [1.165, 1.54) is 13.3 Å². The summed E-state index contributed by atoms with van der Waals surface area (Å²) in [6, 6.07) is 12.5. The average molecular weight is 348 g/mol. The predicted octanol–water partition coefficient (Wildman–Crippen LogP) is 3.05. The van der Waals surface area contributed by atoms with Crippen LogP contribution in [0.25, 0.3) is 10.9 Å².